The fraction of sp³-hybridized carbons (Fsp3) is 0.257. The molecule has 1 amide bonds. The Kier molecular flexibility index (Phi) is 10.3. The van der Waals surface area contributed by atoms with Gasteiger partial charge in [-0.25, -0.2) is 4.98 Å². The predicted molar refractivity (Wildman–Crippen MR) is 165 cm³/mol. The summed E-state index contributed by atoms with van der Waals surface area (Å²) in [4.78, 5) is 21.7. The summed E-state index contributed by atoms with van der Waals surface area (Å²) in [6.07, 6.45) is 7.06. The van der Waals surface area contributed by atoms with Crippen LogP contribution in [0.1, 0.15) is 35.6 Å². The van der Waals surface area contributed by atoms with Gasteiger partial charge in [0.05, 0.1) is 6.04 Å². The van der Waals surface area contributed by atoms with E-state index in [1.807, 2.05) is 36.4 Å². The van der Waals surface area contributed by atoms with Crippen molar-refractivity contribution in [3.8, 4) is 11.6 Å². The third-order valence-electron chi connectivity index (χ3n) is 7.36. The summed E-state index contributed by atoms with van der Waals surface area (Å²) in [6, 6.07) is 35.2. The number of aromatic nitrogens is 1. The molecule has 41 heavy (non-hydrogen) atoms. The van der Waals surface area contributed by atoms with Gasteiger partial charge in [0, 0.05) is 51.1 Å². The molecule has 0 bridgehead atoms. The van der Waals surface area contributed by atoms with E-state index < -0.39 is 0 Å². The van der Waals surface area contributed by atoms with E-state index in [-0.39, 0.29) is 5.91 Å². The van der Waals surface area contributed by atoms with E-state index in [0.717, 1.165) is 56.9 Å². The standard InChI is InChI=1S/C35H38N4O2/c40-33(20-18-29-19-21-34(37-28-29)41-32-16-8-3-9-17-32)36-22-10-11-23-38-24-26-39(27-25-38)35(30-12-4-1-5-13-30)31-14-6-2-7-15-31/h1-9,12-21,28,35H,10-11,22-27H2,(H,36,40)/b20-18+. The van der Waals surface area contributed by atoms with Gasteiger partial charge < -0.3 is 15.0 Å². The first kappa shape index (κ1) is 28.3. The van der Waals surface area contributed by atoms with Crippen molar-refractivity contribution in [1.29, 1.82) is 0 Å². The molecule has 1 aliphatic rings. The van der Waals surface area contributed by atoms with Gasteiger partial charge >= 0.3 is 0 Å². The third kappa shape index (κ3) is 8.61. The van der Waals surface area contributed by atoms with Crippen molar-refractivity contribution in [1.82, 2.24) is 20.1 Å². The summed E-state index contributed by atoms with van der Waals surface area (Å²) in [5, 5.41) is 3.00. The number of piperazine rings is 1. The molecule has 6 nitrogen and oxygen atoms in total. The summed E-state index contributed by atoms with van der Waals surface area (Å²) >= 11 is 0. The lowest BCUT2D eigenvalue weighted by Gasteiger charge is -2.39. The minimum atomic E-state index is -0.0870. The van der Waals surface area contributed by atoms with E-state index in [1.54, 1.807) is 24.4 Å². The van der Waals surface area contributed by atoms with Crippen LogP contribution in [-0.4, -0.2) is 60.0 Å². The highest BCUT2D eigenvalue weighted by Crippen LogP contribution is 2.29. The topological polar surface area (TPSA) is 57.7 Å². The van der Waals surface area contributed by atoms with Gasteiger partial charge in [0.25, 0.3) is 0 Å². The number of benzene rings is 3. The second-order valence-electron chi connectivity index (χ2n) is 10.3. The molecule has 0 spiro atoms. The number of carbonyl (C=O) groups excluding carboxylic acids is 1. The largest absolute Gasteiger partial charge is 0.439 e. The number of rotatable bonds is 12. The van der Waals surface area contributed by atoms with Crippen LogP contribution >= 0.6 is 0 Å². The smallest absolute Gasteiger partial charge is 0.243 e. The Balaban J connectivity index is 0.992. The van der Waals surface area contributed by atoms with Crippen LogP contribution in [0, 0.1) is 0 Å². The normalized spacial score (nSPS) is 14.4. The summed E-state index contributed by atoms with van der Waals surface area (Å²) < 4.78 is 5.71. The van der Waals surface area contributed by atoms with E-state index in [4.69, 9.17) is 4.74 Å². The van der Waals surface area contributed by atoms with Gasteiger partial charge in [-0.3, -0.25) is 9.69 Å². The number of hydrogen-bond acceptors (Lipinski definition) is 5. The Hall–Kier alpha value is -4.26. The van der Waals surface area contributed by atoms with Crippen molar-refractivity contribution in [3.05, 3.63) is 132 Å². The highest BCUT2D eigenvalue weighted by Gasteiger charge is 2.26. The Morgan fingerprint density at radius 2 is 1.44 bits per heavy atom. The molecule has 6 heteroatoms. The first-order valence-corrected chi connectivity index (χ1v) is 14.5. The average Bonchev–Trinajstić information content (AvgIpc) is 3.03. The maximum atomic E-state index is 12.3. The lowest BCUT2D eigenvalue weighted by Crippen LogP contribution is -2.48. The average molecular weight is 547 g/mol. The predicted octanol–water partition coefficient (Wildman–Crippen LogP) is 6.19. The minimum Gasteiger partial charge on any atom is -0.439 e. The Morgan fingerprint density at radius 3 is 2.05 bits per heavy atom. The van der Waals surface area contributed by atoms with E-state index in [2.05, 4.69) is 80.8 Å². The Morgan fingerprint density at radius 1 is 0.805 bits per heavy atom. The molecule has 1 fully saturated rings. The molecule has 2 heterocycles. The van der Waals surface area contributed by atoms with E-state index in [0.29, 0.717) is 18.5 Å². The zero-order valence-electron chi connectivity index (χ0n) is 23.4. The molecule has 3 aromatic carbocycles. The van der Waals surface area contributed by atoms with Crippen LogP contribution in [0.25, 0.3) is 6.08 Å². The molecule has 1 saturated heterocycles. The van der Waals surface area contributed by atoms with Crippen molar-refractivity contribution in [2.24, 2.45) is 0 Å². The molecule has 0 atom stereocenters. The molecule has 0 radical (unpaired) electrons. The summed E-state index contributed by atoms with van der Waals surface area (Å²) in [5.41, 5.74) is 3.55. The molecule has 5 rings (SSSR count). The van der Waals surface area contributed by atoms with Gasteiger partial charge in [-0.05, 0) is 60.4 Å². The molecule has 1 N–H and O–H groups in total. The van der Waals surface area contributed by atoms with Crippen molar-refractivity contribution < 1.29 is 9.53 Å². The molecule has 0 saturated carbocycles. The van der Waals surface area contributed by atoms with Crippen molar-refractivity contribution in [2.45, 2.75) is 18.9 Å². The maximum Gasteiger partial charge on any atom is 0.243 e. The van der Waals surface area contributed by atoms with Crippen LogP contribution in [0.5, 0.6) is 11.6 Å². The van der Waals surface area contributed by atoms with Crippen LogP contribution < -0.4 is 10.1 Å². The van der Waals surface area contributed by atoms with Crippen LogP contribution in [-0.2, 0) is 4.79 Å². The van der Waals surface area contributed by atoms with Gasteiger partial charge in [-0.1, -0.05) is 78.9 Å². The molecule has 1 aromatic heterocycles. The van der Waals surface area contributed by atoms with Gasteiger partial charge in [-0.15, -0.1) is 0 Å². The van der Waals surface area contributed by atoms with E-state index in [9.17, 15) is 4.79 Å². The Labute approximate surface area is 243 Å². The third-order valence-corrected chi connectivity index (χ3v) is 7.36. The van der Waals surface area contributed by atoms with Gasteiger partial charge in [0.2, 0.25) is 11.8 Å². The number of ether oxygens (including phenoxy) is 1. The number of unbranched alkanes of at least 4 members (excludes halogenated alkanes) is 1. The maximum absolute atomic E-state index is 12.3. The monoisotopic (exact) mass is 546 g/mol. The number of nitrogens with zero attached hydrogens (tertiary/aromatic N) is 3. The lowest BCUT2D eigenvalue weighted by molar-refractivity contribution is -0.116. The first-order chi connectivity index (χ1) is 20.2. The number of hydrogen-bond donors (Lipinski definition) is 1. The highest BCUT2D eigenvalue weighted by atomic mass is 16.5. The second-order valence-corrected chi connectivity index (χ2v) is 10.3. The van der Waals surface area contributed by atoms with Crippen LogP contribution in [0.15, 0.2) is 115 Å². The molecular formula is C35H38N4O2. The molecule has 210 valence electrons. The van der Waals surface area contributed by atoms with E-state index in [1.165, 1.54) is 11.1 Å². The first-order valence-electron chi connectivity index (χ1n) is 14.5. The lowest BCUT2D eigenvalue weighted by atomic mass is 9.96. The molecule has 1 aliphatic heterocycles. The van der Waals surface area contributed by atoms with Crippen molar-refractivity contribution in [3.63, 3.8) is 0 Å². The van der Waals surface area contributed by atoms with E-state index >= 15 is 0 Å². The van der Waals surface area contributed by atoms with Crippen LogP contribution in [0.2, 0.25) is 0 Å². The van der Waals surface area contributed by atoms with Gasteiger partial charge in [-0.2, -0.15) is 0 Å². The van der Waals surface area contributed by atoms with Gasteiger partial charge in [0.1, 0.15) is 5.75 Å². The summed E-state index contributed by atoms with van der Waals surface area (Å²) in [6.45, 7) is 5.96. The zero-order valence-corrected chi connectivity index (χ0v) is 23.4. The molecule has 0 aliphatic carbocycles. The minimum absolute atomic E-state index is 0.0870. The summed E-state index contributed by atoms with van der Waals surface area (Å²) in [7, 11) is 0. The number of carbonyl (C=O) groups is 1. The van der Waals surface area contributed by atoms with Crippen LogP contribution in [0.4, 0.5) is 0 Å². The fourth-order valence-corrected chi connectivity index (χ4v) is 5.19. The van der Waals surface area contributed by atoms with Gasteiger partial charge in [0.15, 0.2) is 0 Å². The number of nitrogens with one attached hydrogen (secondary N) is 1. The fourth-order valence-electron chi connectivity index (χ4n) is 5.19. The van der Waals surface area contributed by atoms with Crippen LogP contribution in [0.3, 0.4) is 0 Å². The van der Waals surface area contributed by atoms with Crippen molar-refractivity contribution in [2.75, 3.05) is 39.3 Å². The molecule has 0 unspecified atom stereocenters. The highest BCUT2D eigenvalue weighted by molar-refractivity contribution is 5.91. The molecular weight excluding hydrogens is 508 g/mol. The number of para-hydroxylation sites is 1. The summed E-state index contributed by atoms with van der Waals surface area (Å²) in [5.74, 6) is 1.17. The quantitative estimate of drug-likeness (QED) is 0.170. The zero-order chi connectivity index (χ0) is 28.1. The van der Waals surface area contributed by atoms with Crippen molar-refractivity contribution >= 4 is 12.0 Å². The number of pyridine rings is 1. The second kappa shape index (κ2) is 14.9. The SMILES string of the molecule is O=C(/C=C/c1ccc(Oc2ccccc2)nc1)NCCCCN1CCN(C(c2ccccc2)c2ccccc2)CC1. The molecule has 4 aromatic rings. The Bertz CT molecular complexity index is 1310. The number of amides is 1.